The van der Waals surface area contributed by atoms with Crippen LogP contribution in [-0.4, -0.2) is 9.55 Å². The van der Waals surface area contributed by atoms with Crippen LogP contribution in [0.15, 0.2) is 30.7 Å². The van der Waals surface area contributed by atoms with E-state index >= 15 is 0 Å². The van der Waals surface area contributed by atoms with Gasteiger partial charge < -0.3 is 4.57 Å². The van der Waals surface area contributed by atoms with Crippen molar-refractivity contribution < 1.29 is 4.39 Å². The SMILES string of the molecule is Fc1cccc2c1Cn1cncc1-2. The fraction of sp³-hybridized carbons (Fsp3) is 0.100. The number of nitrogens with zero attached hydrogens (tertiary/aromatic N) is 2. The molecule has 1 aromatic heterocycles. The number of benzene rings is 1. The predicted octanol–water partition coefficient (Wildman–Crippen LogP) is 2.05. The number of rotatable bonds is 0. The van der Waals surface area contributed by atoms with Crippen LogP contribution < -0.4 is 0 Å². The molecule has 2 aromatic rings. The van der Waals surface area contributed by atoms with Gasteiger partial charge in [-0.3, -0.25) is 0 Å². The summed E-state index contributed by atoms with van der Waals surface area (Å²) < 4.78 is 15.3. The highest BCUT2D eigenvalue weighted by Crippen LogP contribution is 2.32. The lowest BCUT2D eigenvalue weighted by atomic mass is 10.1. The number of imidazole rings is 1. The molecule has 13 heavy (non-hydrogen) atoms. The van der Waals surface area contributed by atoms with Crippen molar-refractivity contribution in [1.82, 2.24) is 9.55 Å². The van der Waals surface area contributed by atoms with Crippen LogP contribution in [0.3, 0.4) is 0 Å². The van der Waals surface area contributed by atoms with Crippen LogP contribution in [0.4, 0.5) is 4.39 Å². The monoisotopic (exact) mass is 174 g/mol. The first kappa shape index (κ1) is 6.83. The molecule has 1 aliphatic heterocycles. The van der Waals surface area contributed by atoms with Crippen molar-refractivity contribution in [2.75, 3.05) is 0 Å². The molecule has 0 aliphatic carbocycles. The van der Waals surface area contributed by atoms with Crippen LogP contribution >= 0.6 is 0 Å². The van der Waals surface area contributed by atoms with Crippen LogP contribution in [0.5, 0.6) is 0 Å². The average molecular weight is 174 g/mol. The van der Waals surface area contributed by atoms with Gasteiger partial charge in [0.2, 0.25) is 0 Å². The molecule has 2 heterocycles. The van der Waals surface area contributed by atoms with Gasteiger partial charge in [-0.25, -0.2) is 9.37 Å². The molecule has 0 fully saturated rings. The van der Waals surface area contributed by atoms with E-state index in [2.05, 4.69) is 4.98 Å². The van der Waals surface area contributed by atoms with E-state index in [9.17, 15) is 4.39 Å². The highest BCUT2D eigenvalue weighted by molar-refractivity contribution is 5.67. The minimum atomic E-state index is -0.124. The van der Waals surface area contributed by atoms with E-state index in [0.29, 0.717) is 6.54 Å². The molecule has 64 valence electrons. The Hall–Kier alpha value is -1.64. The lowest BCUT2D eigenvalue weighted by molar-refractivity contribution is 0.607. The van der Waals surface area contributed by atoms with Gasteiger partial charge in [0.15, 0.2) is 0 Å². The van der Waals surface area contributed by atoms with Crippen molar-refractivity contribution in [2.45, 2.75) is 6.54 Å². The smallest absolute Gasteiger partial charge is 0.128 e. The second kappa shape index (κ2) is 2.19. The molecule has 3 heteroatoms. The molecule has 0 N–H and O–H groups in total. The van der Waals surface area contributed by atoms with E-state index in [1.54, 1.807) is 18.6 Å². The Morgan fingerprint density at radius 3 is 3.23 bits per heavy atom. The molecule has 0 unspecified atom stereocenters. The fourth-order valence-electron chi connectivity index (χ4n) is 1.80. The Kier molecular flexibility index (Phi) is 1.15. The third kappa shape index (κ3) is 0.786. The number of hydrogen-bond donors (Lipinski definition) is 0. The standard InChI is InChI=1S/C10H7FN2/c11-9-3-1-2-7-8(9)5-13-6-12-4-10(7)13/h1-4,6H,5H2. The largest absolute Gasteiger partial charge is 0.326 e. The van der Waals surface area contributed by atoms with E-state index in [0.717, 1.165) is 16.8 Å². The zero-order chi connectivity index (χ0) is 8.84. The molecule has 1 aromatic carbocycles. The molecule has 2 nitrogen and oxygen atoms in total. The summed E-state index contributed by atoms with van der Waals surface area (Å²) in [5.74, 6) is -0.124. The molecule has 0 amide bonds. The lowest BCUT2D eigenvalue weighted by Crippen LogP contribution is -1.92. The zero-order valence-electron chi connectivity index (χ0n) is 6.87. The third-order valence-electron chi connectivity index (χ3n) is 2.44. The molecular weight excluding hydrogens is 167 g/mol. The first-order valence-electron chi connectivity index (χ1n) is 4.14. The average Bonchev–Trinajstić information content (AvgIpc) is 2.65. The quantitative estimate of drug-likeness (QED) is 0.510. The predicted molar refractivity (Wildman–Crippen MR) is 46.7 cm³/mol. The summed E-state index contributed by atoms with van der Waals surface area (Å²) in [5, 5.41) is 0. The highest BCUT2D eigenvalue weighted by atomic mass is 19.1. The lowest BCUT2D eigenvalue weighted by Gasteiger charge is -1.97. The van der Waals surface area contributed by atoms with Gasteiger partial charge in [0.25, 0.3) is 0 Å². The summed E-state index contributed by atoms with van der Waals surface area (Å²) in [4.78, 5) is 4.01. The normalized spacial score (nSPS) is 12.7. The molecule has 0 saturated carbocycles. The number of fused-ring (bicyclic) bond motifs is 3. The van der Waals surface area contributed by atoms with Crippen molar-refractivity contribution in [3.8, 4) is 11.3 Å². The number of aromatic nitrogens is 2. The third-order valence-corrected chi connectivity index (χ3v) is 2.44. The summed E-state index contributed by atoms with van der Waals surface area (Å²) in [6.45, 7) is 0.608. The maximum atomic E-state index is 13.3. The Balaban J connectivity index is 2.34. The van der Waals surface area contributed by atoms with Crippen molar-refractivity contribution in [3.05, 3.63) is 42.1 Å². The van der Waals surface area contributed by atoms with Crippen LogP contribution in [0.1, 0.15) is 5.56 Å². The van der Waals surface area contributed by atoms with Crippen molar-refractivity contribution in [1.29, 1.82) is 0 Å². The Labute approximate surface area is 74.7 Å². The molecule has 0 atom stereocenters. The van der Waals surface area contributed by atoms with Gasteiger partial charge in [-0.05, 0) is 6.07 Å². The molecule has 0 radical (unpaired) electrons. The van der Waals surface area contributed by atoms with Crippen LogP contribution in [0.2, 0.25) is 0 Å². The Bertz CT molecular complexity index is 474. The molecular formula is C10H7FN2. The summed E-state index contributed by atoms with van der Waals surface area (Å²) in [7, 11) is 0. The molecule has 3 rings (SSSR count). The summed E-state index contributed by atoms with van der Waals surface area (Å²) >= 11 is 0. The van der Waals surface area contributed by atoms with Crippen molar-refractivity contribution in [3.63, 3.8) is 0 Å². The van der Waals surface area contributed by atoms with Crippen molar-refractivity contribution >= 4 is 0 Å². The maximum Gasteiger partial charge on any atom is 0.128 e. The second-order valence-electron chi connectivity index (χ2n) is 3.17. The van der Waals surface area contributed by atoms with E-state index in [4.69, 9.17) is 0 Å². The number of halogens is 1. The first-order chi connectivity index (χ1) is 6.36. The molecule has 0 spiro atoms. The minimum Gasteiger partial charge on any atom is -0.326 e. The van der Waals surface area contributed by atoms with Crippen LogP contribution in [-0.2, 0) is 6.54 Å². The summed E-state index contributed by atoms with van der Waals surface area (Å²) in [5.41, 5.74) is 2.76. The van der Waals surface area contributed by atoms with Crippen LogP contribution in [0.25, 0.3) is 11.3 Å². The highest BCUT2D eigenvalue weighted by Gasteiger charge is 2.20. The van der Waals surface area contributed by atoms with Crippen LogP contribution in [0, 0.1) is 5.82 Å². The minimum absolute atomic E-state index is 0.124. The van der Waals surface area contributed by atoms with Gasteiger partial charge in [-0.2, -0.15) is 0 Å². The Morgan fingerprint density at radius 1 is 1.38 bits per heavy atom. The fourth-order valence-corrected chi connectivity index (χ4v) is 1.80. The molecule has 0 saturated heterocycles. The van der Waals surface area contributed by atoms with E-state index in [-0.39, 0.29) is 5.82 Å². The van der Waals surface area contributed by atoms with Crippen molar-refractivity contribution in [2.24, 2.45) is 0 Å². The van der Waals surface area contributed by atoms with E-state index in [1.807, 2.05) is 10.6 Å². The Morgan fingerprint density at radius 2 is 2.31 bits per heavy atom. The van der Waals surface area contributed by atoms with Gasteiger partial charge >= 0.3 is 0 Å². The second-order valence-corrected chi connectivity index (χ2v) is 3.17. The van der Waals surface area contributed by atoms with Gasteiger partial charge in [0.1, 0.15) is 5.82 Å². The van der Waals surface area contributed by atoms with Gasteiger partial charge in [-0.15, -0.1) is 0 Å². The van der Waals surface area contributed by atoms with Gasteiger partial charge in [-0.1, -0.05) is 12.1 Å². The van der Waals surface area contributed by atoms with Gasteiger partial charge in [0.05, 0.1) is 24.8 Å². The molecule has 0 bridgehead atoms. The summed E-state index contributed by atoms with van der Waals surface area (Å²) in [6.07, 6.45) is 3.50. The van der Waals surface area contributed by atoms with E-state index < -0.39 is 0 Å². The zero-order valence-corrected chi connectivity index (χ0v) is 6.87. The van der Waals surface area contributed by atoms with Gasteiger partial charge in [0, 0.05) is 11.1 Å². The first-order valence-corrected chi connectivity index (χ1v) is 4.14. The molecule has 1 aliphatic rings. The summed E-state index contributed by atoms with van der Waals surface area (Å²) in [6, 6.07) is 5.16. The maximum absolute atomic E-state index is 13.3. The van der Waals surface area contributed by atoms with E-state index in [1.165, 1.54) is 6.07 Å². The topological polar surface area (TPSA) is 17.8 Å². The number of hydrogen-bond acceptors (Lipinski definition) is 1.